The molecule has 0 aliphatic rings. The van der Waals surface area contributed by atoms with Gasteiger partial charge in [0, 0.05) is 5.56 Å². The molecule has 0 saturated heterocycles. The zero-order chi connectivity index (χ0) is 14.8. The Morgan fingerprint density at radius 1 is 1.14 bits per heavy atom. The number of benzene rings is 2. The lowest BCUT2D eigenvalue weighted by molar-refractivity contribution is 0.606. The van der Waals surface area contributed by atoms with Gasteiger partial charge < -0.3 is 5.43 Å². The van der Waals surface area contributed by atoms with E-state index in [0.29, 0.717) is 22.3 Å². The molecule has 1 N–H and O–H groups in total. The minimum Gasteiger partial charge on any atom is -0.317 e. The van der Waals surface area contributed by atoms with Crippen molar-refractivity contribution in [3.8, 4) is 0 Å². The summed E-state index contributed by atoms with van der Waals surface area (Å²) >= 11 is 0. The fourth-order valence-electron chi connectivity index (χ4n) is 2.24. The molecule has 0 unspecified atom stereocenters. The summed E-state index contributed by atoms with van der Waals surface area (Å²) in [6, 6.07) is 13.6. The molecule has 4 nitrogen and oxygen atoms in total. The van der Waals surface area contributed by atoms with E-state index in [4.69, 9.17) is 0 Å². The van der Waals surface area contributed by atoms with E-state index < -0.39 is 0 Å². The van der Waals surface area contributed by atoms with Gasteiger partial charge >= 0.3 is 0 Å². The van der Waals surface area contributed by atoms with Gasteiger partial charge in [-0.1, -0.05) is 30.3 Å². The minimum absolute atomic E-state index is 0.186. The van der Waals surface area contributed by atoms with Crippen LogP contribution in [0.1, 0.15) is 11.4 Å². The van der Waals surface area contributed by atoms with Crippen LogP contribution in [0.3, 0.4) is 0 Å². The SMILES string of the molecule is Cc1nc2ccccc2c(=O)n1NCc1ccccc1F. The predicted molar refractivity (Wildman–Crippen MR) is 80.2 cm³/mol. The molecule has 0 bridgehead atoms. The highest BCUT2D eigenvalue weighted by atomic mass is 19.1. The van der Waals surface area contributed by atoms with Gasteiger partial charge in [-0.25, -0.2) is 14.1 Å². The van der Waals surface area contributed by atoms with Gasteiger partial charge in [0.15, 0.2) is 0 Å². The summed E-state index contributed by atoms with van der Waals surface area (Å²) < 4.78 is 15.0. The molecule has 0 saturated carbocycles. The van der Waals surface area contributed by atoms with Crippen molar-refractivity contribution >= 4 is 10.9 Å². The summed E-state index contributed by atoms with van der Waals surface area (Å²) in [5.41, 5.74) is 3.90. The van der Waals surface area contributed by atoms with Gasteiger partial charge in [-0.05, 0) is 25.1 Å². The molecular formula is C16H14FN3O. The van der Waals surface area contributed by atoms with Crippen molar-refractivity contribution in [3.63, 3.8) is 0 Å². The average Bonchev–Trinajstić information content (AvgIpc) is 2.49. The van der Waals surface area contributed by atoms with Crippen LogP contribution >= 0.6 is 0 Å². The third kappa shape index (κ3) is 2.50. The van der Waals surface area contributed by atoms with Gasteiger partial charge in [0.1, 0.15) is 11.6 Å². The number of hydrogen-bond donors (Lipinski definition) is 1. The fraction of sp³-hybridized carbons (Fsp3) is 0.125. The first kappa shape index (κ1) is 13.3. The van der Waals surface area contributed by atoms with E-state index in [9.17, 15) is 9.18 Å². The number of para-hydroxylation sites is 1. The van der Waals surface area contributed by atoms with E-state index in [1.54, 1.807) is 43.3 Å². The maximum absolute atomic E-state index is 13.6. The summed E-state index contributed by atoms with van der Waals surface area (Å²) in [7, 11) is 0. The van der Waals surface area contributed by atoms with Crippen molar-refractivity contribution in [2.24, 2.45) is 0 Å². The first-order valence-electron chi connectivity index (χ1n) is 6.62. The van der Waals surface area contributed by atoms with E-state index in [2.05, 4.69) is 10.4 Å². The molecule has 0 aliphatic carbocycles. The van der Waals surface area contributed by atoms with Crippen LogP contribution < -0.4 is 11.0 Å². The van der Waals surface area contributed by atoms with E-state index in [-0.39, 0.29) is 17.9 Å². The molecule has 1 heterocycles. The number of nitrogens with one attached hydrogen (secondary N) is 1. The Morgan fingerprint density at radius 3 is 2.67 bits per heavy atom. The van der Waals surface area contributed by atoms with Crippen LogP contribution in [0.4, 0.5) is 4.39 Å². The molecule has 0 fully saturated rings. The second-order valence-corrected chi connectivity index (χ2v) is 4.74. The maximum Gasteiger partial charge on any atom is 0.279 e. The predicted octanol–water partition coefficient (Wildman–Crippen LogP) is 2.59. The first-order chi connectivity index (χ1) is 10.2. The lowest BCUT2D eigenvalue weighted by atomic mass is 10.2. The lowest BCUT2D eigenvalue weighted by Crippen LogP contribution is -2.31. The average molecular weight is 283 g/mol. The third-order valence-electron chi connectivity index (χ3n) is 3.33. The Hall–Kier alpha value is -2.69. The van der Waals surface area contributed by atoms with Crippen LogP contribution in [0.25, 0.3) is 10.9 Å². The number of aryl methyl sites for hydroxylation is 1. The highest BCUT2D eigenvalue weighted by molar-refractivity contribution is 5.77. The summed E-state index contributed by atoms with van der Waals surface area (Å²) in [5, 5.41) is 0.532. The molecule has 21 heavy (non-hydrogen) atoms. The summed E-state index contributed by atoms with van der Waals surface area (Å²) in [5.74, 6) is 0.236. The standard InChI is InChI=1S/C16H14FN3O/c1-11-19-15-9-5-3-7-13(15)16(21)20(11)18-10-12-6-2-4-8-14(12)17/h2-9,18H,10H2,1H3. The fourth-order valence-corrected chi connectivity index (χ4v) is 2.24. The summed E-state index contributed by atoms with van der Waals surface area (Å²) in [6.07, 6.45) is 0. The van der Waals surface area contributed by atoms with Crippen LogP contribution in [-0.4, -0.2) is 9.66 Å². The van der Waals surface area contributed by atoms with Gasteiger partial charge in [-0.3, -0.25) is 4.79 Å². The summed E-state index contributed by atoms with van der Waals surface area (Å²) in [6.45, 7) is 1.95. The zero-order valence-electron chi connectivity index (χ0n) is 11.5. The van der Waals surface area contributed by atoms with Crippen molar-refractivity contribution in [2.75, 3.05) is 5.43 Å². The molecular weight excluding hydrogens is 269 g/mol. The molecule has 0 radical (unpaired) electrons. The Kier molecular flexibility index (Phi) is 3.39. The van der Waals surface area contributed by atoms with Gasteiger partial charge in [-0.15, -0.1) is 0 Å². The minimum atomic E-state index is -0.301. The van der Waals surface area contributed by atoms with Crippen molar-refractivity contribution in [1.82, 2.24) is 9.66 Å². The molecule has 3 rings (SSSR count). The third-order valence-corrected chi connectivity index (χ3v) is 3.33. The molecule has 106 valence electrons. The maximum atomic E-state index is 13.6. The van der Waals surface area contributed by atoms with Crippen LogP contribution in [0.2, 0.25) is 0 Å². The second kappa shape index (κ2) is 5.36. The molecule has 0 aliphatic heterocycles. The number of rotatable bonds is 3. The van der Waals surface area contributed by atoms with Gasteiger partial charge in [0.2, 0.25) is 0 Å². The monoisotopic (exact) mass is 283 g/mol. The molecule has 0 spiro atoms. The lowest BCUT2D eigenvalue weighted by Gasteiger charge is -2.13. The van der Waals surface area contributed by atoms with Crippen LogP contribution in [0, 0.1) is 12.7 Å². The van der Waals surface area contributed by atoms with Crippen LogP contribution in [-0.2, 0) is 6.54 Å². The Balaban J connectivity index is 1.98. The number of aromatic nitrogens is 2. The molecule has 0 amide bonds. The normalized spacial score (nSPS) is 10.8. The largest absolute Gasteiger partial charge is 0.317 e. The first-order valence-corrected chi connectivity index (χ1v) is 6.62. The second-order valence-electron chi connectivity index (χ2n) is 4.74. The quantitative estimate of drug-likeness (QED) is 0.803. The zero-order valence-corrected chi connectivity index (χ0v) is 11.5. The molecule has 5 heteroatoms. The molecule has 1 aromatic heterocycles. The van der Waals surface area contributed by atoms with E-state index in [1.807, 2.05) is 6.07 Å². The van der Waals surface area contributed by atoms with Crippen molar-refractivity contribution in [3.05, 3.63) is 76.1 Å². The Labute approximate surface area is 120 Å². The Bertz CT molecular complexity index is 858. The van der Waals surface area contributed by atoms with Crippen molar-refractivity contribution < 1.29 is 4.39 Å². The smallest absolute Gasteiger partial charge is 0.279 e. The van der Waals surface area contributed by atoms with Gasteiger partial charge in [0.05, 0.1) is 17.4 Å². The number of nitrogens with zero attached hydrogens (tertiary/aromatic N) is 2. The molecule has 2 aromatic carbocycles. The molecule has 3 aromatic rings. The van der Waals surface area contributed by atoms with Crippen LogP contribution in [0.5, 0.6) is 0 Å². The Morgan fingerprint density at radius 2 is 1.86 bits per heavy atom. The van der Waals surface area contributed by atoms with Crippen molar-refractivity contribution in [2.45, 2.75) is 13.5 Å². The van der Waals surface area contributed by atoms with E-state index in [1.165, 1.54) is 10.7 Å². The number of halogens is 1. The highest BCUT2D eigenvalue weighted by Crippen LogP contribution is 2.08. The number of hydrogen-bond acceptors (Lipinski definition) is 3. The summed E-state index contributed by atoms with van der Waals surface area (Å²) in [4.78, 5) is 16.8. The van der Waals surface area contributed by atoms with Gasteiger partial charge in [-0.2, -0.15) is 0 Å². The highest BCUT2D eigenvalue weighted by Gasteiger charge is 2.08. The van der Waals surface area contributed by atoms with Gasteiger partial charge in [0.25, 0.3) is 5.56 Å². The van der Waals surface area contributed by atoms with E-state index >= 15 is 0 Å². The van der Waals surface area contributed by atoms with Crippen LogP contribution in [0.15, 0.2) is 53.3 Å². The van der Waals surface area contributed by atoms with Crippen molar-refractivity contribution in [1.29, 1.82) is 0 Å². The number of fused-ring (bicyclic) bond motifs is 1. The topological polar surface area (TPSA) is 46.9 Å². The molecule has 0 atom stereocenters. The van der Waals surface area contributed by atoms with E-state index in [0.717, 1.165) is 0 Å².